The van der Waals surface area contributed by atoms with E-state index in [1.807, 2.05) is 36.4 Å². The lowest BCUT2D eigenvalue weighted by Crippen LogP contribution is -2.14. The summed E-state index contributed by atoms with van der Waals surface area (Å²) in [5.74, 6) is -1.37. The number of methoxy groups -OCH3 is 1. The normalized spacial score (nSPS) is 10.6. The minimum absolute atomic E-state index is 0.0336. The van der Waals surface area contributed by atoms with Crippen LogP contribution in [0.4, 0.5) is 11.4 Å². The number of benzene rings is 3. The first-order chi connectivity index (χ1) is 15.0. The molecule has 0 bridgehead atoms. The topological polar surface area (TPSA) is 111 Å². The molecular weight excluding hydrogens is 418 g/mol. The molecule has 31 heavy (non-hydrogen) atoms. The molecular formula is C22H15N3O5S. The maximum Gasteiger partial charge on any atom is 0.338 e. The number of thiazole rings is 1. The highest BCUT2D eigenvalue weighted by Crippen LogP contribution is 2.34. The highest BCUT2D eigenvalue weighted by Gasteiger charge is 2.20. The molecule has 1 N–H and O–H groups in total. The molecule has 8 nitrogen and oxygen atoms in total. The molecule has 1 aromatic heterocycles. The average Bonchev–Trinajstić information content (AvgIpc) is 3.22. The molecule has 154 valence electrons. The van der Waals surface area contributed by atoms with Crippen LogP contribution in [0, 0.1) is 10.1 Å². The van der Waals surface area contributed by atoms with Gasteiger partial charge in [-0.3, -0.25) is 14.9 Å². The molecule has 4 aromatic rings. The minimum atomic E-state index is -0.771. The van der Waals surface area contributed by atoms with E-state index in [4.69, 9.17) is 0 Å². The highest BCUT2D eigenvalue weighted by molar-refractivity contribution is 7.21. The third kappa shape index (κ3) is 4.12. The molecule has 0 fully saturated rings. The number of carbonyl (C=O) groups excluding carboxylic acids is 2. The van der Waals surface area contributed by atoms with E-state index in [1.165, 1.54) is 17.4 Å². The SMILES string of the molecule is COC(=O)c1cc(C(=O)Nc2ccccc2-c2nc3ccccc3s2)cc([N+](=O)[O-])c1. The van der Waals surface area contributed by atoms with Gasteiger partial charge in [0.1, 0.15) is 5.01 Å². The van der Waals surface area contributed by atoms with Crippen molar-refractivity contribution in [3.05, 3.63) is 88.0 Å². The van der Waals surface area contributed by atoms with Crippen LogP contribution in [-0.4, -0.2) is 28.9 Å². The number of rotatable bonds is 5. The number of amides is 1. The number of fused-ring (bicyclic) bond motifs is 1. The summed E-state index contributed by atoms with van der Waals surface area (Å²) in [6, 6.07) is 18.3. The molecule has 9 heteroatoms. The Balaban J connectivity index is 1.71. The largest absolute Gasteiger partial charge is 0.465 e. The lowest BCUT2D eigenvalue weighted by Gasteiger charge is -2.10. The van der Waals surface area contributed by atoms with E-state index in [2.05, 4.69) is 15.0 Å². The third-order valence-corrected chi connectivity index (χ3v) is 5.58. The number of nitro benzene ring substituents is 1. The summed E-state index contributed by atoms with van der Waals surface area (Å²) in [5, 5.41) is 14.7. The molecule has 0 aliphatic heterocycles. The van der Waals surface area contributed by atoms with Gasteiger partial charge in [-0.15, -0.1) is 11.3 Å². The number of para-hydroxylation sites is 2. The van der Waals surface area contributed by atoms with Crippen LogP contribution in [0.1, 0.15) is 20.7 Å². The Kier molecular flexibility index (Phi) is 5.42. The minimum Gasteiger partial charge on any atom is -0.465 e. The number of carbonyl (C=O) groups is 2. The fraction of sp³-hybridized carbons (Fsp3) is 0.0455. The van der Waals surface area contributed by atoms with Crippen LogP contribution in [0.15, 0.2) is 66.7 Å². The molecule has 0 atom stereocenters. The van der Waals surface area contributed by atoms with Crippen molar-refractivity contribution in [2.45, 2.75) is 0 Å². The highest BCUT2D eigenvalue weighted by atomic mass is 32.1. The zero-order valence-corrected chi connectivity index (χ0v) is 17.0. The second kappa shape index (κ2) is 8.33. The van der Waals surface area contributed by atoms with Crippen LogP contribution in [0.25, 0.3) is 20.8 Å². The summed E-state index contributed by atoms with van der Waals surface area (Å²) in [6.07, 6.45) is 0. The maximum absolute atomic E-state index is 12.9. The Hall–Kier alpha value is -4.11. The number of hydrogen-bond acceptors (Lipinski definition) is 7. The fourth-order valence-corrected chi connectivity index (χ4v) is 4.05. The Morgan fingerprint density at radius 3 is 2.48 bits per heavy atom. The zero-order chi connectivity index (χ0) is 22.0. The summed E-state index contributed by atoms with van der Waals surface area (Å²) < 4.78 is 5.64. The maximum atomic E-state index is 12.9. The van der Waals surface area contributed by atoms with Crippen molar-refractivity contribution in [2.75, 3.05) is 12.4 Å². The van der Waals surface area contributed by atoms with Gasteiger partial charge in [-0.25, -0.2) is 9.78 Å². The van der Waals surface area contributed by atoms with Crippen LogP contribution in [0.5, 0.6) is 0 Å². The van der Waals surface area contributed by atoms with E-state index < -0.39 is 16.8 Å². The van der Waals surface area contributed by atoms with Gasteiger partial charge in [0.25, 0.3) is 11.6 Å². The van der Waals surface area contributed by atoms with Crippen LogP contribution in [0.2, 0.25) is 0 Å². The van der Waals surface area contributed by atoms with Crippen molar-refractivity contribution in [2.24, 2.45) is 0 Å². The molecule has 0 aliphatic rings. The second-order valence-corrected chi connectivity index (χ2v) is 7.53. The Bertz CT molecular complexity index is 1300. The van der Waals surface area contributed by atoms with Gasteiger partial charge in [-0.05, 0) is 30.3 Å². The van der Waals surface area contributed by atoms with E-state index in [-0.39, 0.29) is 16.8 Å². The van der Waals surface area contributed by atoms with Crippen molar-refractivity contribution in [1.82, 2.24) is 4.98 Å². The van der Waals surface area contributed by atoms with Crippen molar-refractivity contribution in [3.63, 3.8) is 0 Å². The predicted octanol–water partition coefficient (Wildman–Crippen LogP) is 4.91. The number of nitrogens with one attached hydrogen (secondary N) is 1. The van der Waals surface area contributed by atoms with E-state index >= 15 is 0 Å². The van der Waals surface area contributed by atoms with Crippen molar-refractivity contribution in [1.29, 1.82) is 0 Å². The summed E-state index contributed by atoms with van der Waals surface area (Å²) in [5.41, 5.74) is 1.57. The first-order valence-electron chi connectivity index (χ1n) is 9.10. The standard InChI is InChI=1S/C22H15N3O5S/c1-30-22(27)14-10-13(11-15(12-14)25(28)29)20(26)23-17-7-3-2-6-16(17)21-24-18-8-4-5-9-19(18)31-21/h2-12H,1H3,(H,23,26). The van der Waals surface area contributed by atoms with Gasteiger partial charge >= 0.3 is 5.97 Å². The summed E-state index contributed by atoms with van der Waals surface area (Å²) in [7, 11) is 1.16. The molecule has 0 radical (unpaired) electrons. The van der Waals surface area contributed by atoms with Crippen LogP contribution in [0.3, 0.4) is 0 Å². The smallest absolute Gasteiger partial charge is 0.338 e. The molecule has 0 aliphatic carbocycles. The van der Waals surface area contributed by atoms with E-state index in [1.54, 1.807) is 12.1 Å². The lowest BCUT2D eigenvalue weighted by molar-refractivity contribution is -0.384. The number of hydrogen-bond donors (Lipinski definition) is 1. The van der Waals surface area contributed by atoms with Gasteiger partial charge in [0.2, 0.25) is 0 Å². The van der Waals surface area contributed by atoms with Crippen LogP contribution in [-0.2, 0) is 4.74 Å². The lowest BCUT2D eigenvalue weighted by atomic mass is 10.1. The fourth-order valence-electron chi connectivity index (χ4n) is 3.04. The Morgan fingerprint density at radius 2 is 1.74 bits per heavy atom. The number of nitrogens with zero attached hydrogens (tertiary/aromatic N) is 2. The Labute approximate surface area is 180 Å². The van der Waals surface area contributed by atoms with Crippen molar-refractivity contribution in [3.8, 4) is 10.6 Å². The monoisotopic (exact) mass is 433 g/mol. The van der Waals surface area contributed by atoms with Gasteiger partial charge in [-0.2, -0.15) is 0 Å². The number of anilines is 1. The van der Waals surface area contributed by atoms with Crippen molar-refractivity contribution >= 4 is 44.8 Å². The quantitative estimate of drug-likeness (QED) is 0.272. The summed E-state index contributed by atoms with van der Waals surface area (Å²) in [6.45, 7) is 0. The number of nitro groups is 1. The first kappa shape index (κ1) is 20.2. The van der Waals surface area contributed by atoms with E-state index in [0.717, 1.165) is 40.0 Å². The number of esters is 1. The van der Waals surface area contributed by atoms with Gasteiger partial charge in [0, 0.05) is 23.3 Å². The number of non-ortho nitro benzene ring substituents is 1. The summed E-state index contributed by atoms with van der Waals surface area (Å²) in [4.78, 5) is 40.0. The second-order valence-electron chi connectivity index (χ2n) is 6.50. The molecule has 0 unspecified atom stereocenters. The zero-order valence-electron chi connectivity index (χ0n) is 16.2. The van der Waals surface area contributed by atoms with Gasteiger partial charge in [0.05, 0.1) is 33.5 Å². The van der Waals surface area contributed by atoms with Gasteiger partial charge < -0.3 is 10.1 Å². The Morgan fingerprint density at radius 1 is 1.03 bits per heavy atom. The number of aromatic nitrogens is 1. The molecule has 1 heterocycles. The molecule has 1 amide bonds. The number of ether oxygens (including phenoxy) is 1. The molecule has 4 rings (SSSR count). The van der Waals surface area contributed by atoms with Crippen LogP contribution >= 0.6 is 11.3 Å². The first-order valence-corrected chi connectivity index (χ1v) is 9.92. The summed E-state index contributed by atoms with van der Waals surface area (Å²) >= 11 is 1.49. The third-order valence-electron chi connectivity index (χ3n) is 4.51. The van der Waals surface area contributed by atoms with Crippen molar-refractivity contribution < 1.29 is 19.2 Å². The molecule has 0 saturated heterocycles. The van der Waals surface area contributed by atoms with Gasteiger partial charge in [0.15, 0.2) is 0 Å². The van der Waals surface area contributed by atoms with Gasteiger partial charge in [-0.1, -0.05) is 24.3 Å². The predicted molar refractivity (Wildman–Crippen MR) is 117 cm³/mol. The molecule has 0 spiro atoms. The van der Waals surface area contributed by atoms with E-state index in [0.29, 0.717) is 5.69 Å². The van der Waals surface area contributed by atoms with Crippen LogP contribution < -0.4 is 5.32 Å². The molecule has 0 saturated carbocycles. The van der Waals surface area contributed by atoms with E-state index in [9.17, 15) is 19.7 Å². The molecule has 3 aromatic carbocycles. The average molecular weight is 433 g/mol.